The highest BCUT2D eigenvalue weighted by atomic mass is 32.2. The predicted octanol–water partition coefficient (Wildman–Crippen LogP) is 3.00. The number of piperidine rings is 1. The summed E-state index contributed by atoms with van der Waals surface area (Å²) >= 11 is 0. The molecule has 1 fully saturated rings. The van der Waals surface area contributed by atoms with Gasteiger partial charge in [0.25, 0.3) is 0 Å². The van der Waals surface area contributed by atoms with Gasteiger partial charge in [0.1, 0.15) is 0 Å². The number of hydrogen-bond acceptors (Lipinski definition) is 5. The minimum Gasteiger partial charge on any atom is -0.399 e. The van der Waals surface area contributed by atoms with Gasteiger partial charge < -0.3 is 5.73 Å². The van der Waals surface area contributed by atoms with Gasteiger partial charge in [0.05, 0.1) is 23.5 Å². The molecule has 2 aromatic carbocycles. The monoisotopic (exact) mass is 398 g/mol. The number of aromatic nitrogens is 2. The van der Waals surface area contributed by atoms with Crippen LogP contribution < -0.4 is 5.73 Å². The molecule has 28 heavy (non-hydrogen) atoms. The van der Waals surface area contributed by atoms with Crippen LogP contribution in [0.5, 0.6) is 0 Å². The molecule has 4 rings (SSSR count). The highest BCUT2D eigenvalue weighted by molar-refractivity contribution is 7.89. The number of fused-ring (bicyclic) bond motifs is 1. The van der Waals surface area contributed by atoms with Crippen LogP contribution in [-0.2, 0) is 22.1 Å². The van der Waals surface area contributed by atoms with Crippen molar-refractivity contribution in [3.63, 3.8) is 0 Å². The Morgan fingerprint density at radius 3 is 2.82 bits per heavy atom. The summed E-state index contributed by atoms with van der Waals surface area (Å²) in [5.74, 6) is 0.0892. The first-order chi connectivity index (χ1) is 13.4. The second-order valence-electron chi connectivity index (χ2n) is 7.83. The summed E-state index contributed by atoms with van der Waals surface area (Å²) in [6.07, 6.45) is 5.38. The summed E-state index contributed by atoms with van der Waals surface area (Å²) in [4.78, 5) is 2.43. The van der Waals surface area contributed by atoms with Crippen LogP contribution in [0.25, 0.3) is 10.9 Å². The van der Waals surface area contributed by atoms with Crippen LogP contribution in [-0.4, -0.2) is 42.4 Å². The first kappa shape index (κ1) is 19.0. The zero-order valence-electron chi connectivity index (χ0n) is 16.1. The number of rotatable bonds is 5. The van der Waals surface area contributed by atoms with Crippen LogP contribution in [0.3, 0.4) is 0 Å². The Labute approximate surface area is 165 Å². The maximum atomic E-state index is 11.6. The molecule has 7 heteroatoms. The fraction of sp³-hybridized carbons (Fsp3) is 0.381. The molecule has 2 heterocycles. The zero-order chi connectivity index (χ0) is 19.7. The van der Waals surface area contributed by atoms with Gasteiger partial charge in [0.15, 0.2) is 9.84 Å². The third kappa shape index (κ3) is 4.36. The Morgan fingerprint density at radius 1 is 1.18 bits per heavy atom. The van der Waals surface area contributed by atoms with E-state index in [1.807, 2.05) is 42.6 Å². The standard InChI is InChI=1S/C21H26N4O2S/c1-28(26,27)15-17-5-2-4-16(10-17)13-24-9-3-6-20(14-24)25-21-8-7-19(22)11-18(21)12-23-25/h2,4-5,7-8,10-12,20H,3,6,9,13-15,22H2,1H3. The van der Waals surface area contributed by atoms with Gasteiger partial charge in [-0.15, -0.1) is 0 Å². The normalized spacial score (nSPS) is 18.5. The van der Waals surface area contributed by atoms with Crippen molar-refractivity contribution in [3.05, 3.63) is 59.8 Å². The van der Waals surface area contributed by atoms with Crippen molar-refractivity contribution in [2.24, 2.45) is 0 Å². The van der Waals surface area contributed by atoms with E-state index in [9.17, 15) is 8.42 Å². The van der Waals surface area contributed by atoms with E-state index >= 15 is 0 Å². The van der Waals surface area contributed by atoms with Crippen molar-refractivity contribution in [1.82, 2.24) is 14.7 Å². The molecular formula is C21H26N4O2S. The lowest BCUT2D eigenvalue weighted by Crippen LogP contribution is -2.36. The summed E-state index contributed by atoms with van der Waals surface area (Å²) in [6, 6.07) is 14.2. The van der Waals surface area contributed by atoms with Crippen LogP contribution in [0.15, 0.2) is 48.7 Å². The number of sulfone groups is 1. The molecule has 0 bridgehead atoms. The Bertz CT molecular complexity index is 1090. The summed E-state index contributed by atoms with van der Waals surface area (Å²) in [6.45, 7) is 2.79. The molecular weight excluding hydrogens is 372 g/mol. The quantitative estimate of drug-likeness (QED) is 0.668. The van der Waals surface area contributed by atoms with Gasteiger partial charge in [-0.05, 0) is 48.7 Å². The number of likely N-dealkylation sites (tertiary alicyclic amines) is 1. The van der Waals surface area contributed by atoms with Crippen LogP contribution >= 0.6 is 0 Å². The van der Waals surface area contributed by atoms with Gasteiger partial charge in [-0.25, -0.2) is 8.42 Å². The number of benzene rings is 2. The van der Waals surface area contributed by atoms with Crippen molar-refractivity contribution in [3.8, 4) is 0 Å². The lowest BCUT2D eigenvalue weighted by Gasteiger charge is -2.33. The first-order valence-electron chi connectivity index (χ1n) is 9.58. The zero-order valence-corrected chi connectivity index (χ0v) is 16.9. The average Bonchev–Trinajstić information content (AvgIpc) is 3.04. The van der Waals surface area contributed by atoms with Crippen LogP contribution in [0.1, 0.15) is 30.0 Å². The molecule has 2 N–H and O–H groups in total. The highest BCUT2D eigenvalue weighted by Crippen LogP contribution is 2.27. The maximum Gasteiger partial charge on any atom is 0.151 e. The molecule has 0 radical (unpaired) electrons. The average molecular weight is 399 g/mol. The van der Waals surface area contributed by atoms with Crippen molar-refractivity contribution >= 4 is 26.4 Å². The van der Waals surface area contributed by atoms with E-state index in [1.165, 1.54) is 6.26 Å². The largest absolute Gasteiger partial charge is 0.399 e. The molecule has 148 valence electrons. The van der Waals surface area contributed by atoms with Crippen LogP contribution in [0.2, 0.25) is 0 Å². The highest BCUT2D eigenvalue weighted by Gasteiger charge is 2.23. The third-order valence-electron chi connectivity index (χ3n) is 5.27. The van der Waals surface area contributed by atoms with E-state index < -0.39 is 9.84 Å². The number of anilines is 1. The smallest absolute Gasteiger partial charge is 0.151 e. The number of nitrogens with zero attached hydrogens (tertiary/aromatic N) is 3. The van der Waals surface area contributed by atoms with Crippen molar-refractivity contribution in [1.29, 1.82) is 0 Å². The Kier molecular flexibility index (Phi) is 5.12. The van der Waals surface area contributed by atoms with Gasteiger partial charge >= 0.3 is 0 Å². The van der Waals surface area contributed by atoms with E-state index in [2.05, 4.69) is 20.7 Å². The van der Waals surface area contributed by atoms with Gasteiger partial charge in [0, 0.05) is 30.4 Å². The summed E-state index contributed by atoms with van der Waals surface area (Å²) < 4.78 is 25.3. The van der Waals surface area contributed by atoms with Crippen LogP contribution in [0, 0.1) is 0 Å². The molecule has 0 aliphatic carbocycles. The summed E-state index contributed by atoms with van der Waals surface area (Å²) in [7, 11) is -3.02. The van der Waals surface area contributed by atoms with Gasteiger partial charge in [-0.3, -0.25) is 9.58 Å². The Hall–Kier alpha value is -2.38. The molecule has 6 nitrogen and oxygen atoms in total. The van der Waals surface area contributed by atoms with Crippen molar-refractivity contribution in [2.75, 3.05) is 25.1 Å². The lowest BCUT2D eigenvalue weighted by molar-refractivity contribution is 0.165. The van der Waals surface area contributed by atoms with Gasteiger partial charge in [-0.2, -0.15) is 5.10 Å². The molecule has 0 amide bonds. The fourth-order valence-corrected chi connectivity index (χ4v) is 4.90. The van der Waals surface area contributed by atoms with Crippen molar-refractivity contribution in [2.45, 2.75) is 31.2 Å². The molecule has 1 aliphatic heterocycles. The number of nitrogens with two attached hydrogens (primary N) is 1. The summed E-state index contributed by atoms with van der Waals surface area (Å²) in [5.41, 5.74) is 9.77. The van der Waals surface area contributed by atoms with E-state index in [4.69, 9.17) is 5.73 Å². The number of nitrogen functional groups attached to an aromatic ring is 1. The van der Waals surface area contributed by atoms with E-state index in [0.29, 0.717) is 6.04 Å². The first-order valence-corrected chi connectivity index (χ1v) is 11.6. The SMILES string of the molecule is CS(=O)(=O)Cc1cccc(CN2CCCC(n3ncc4cc(N)ccc43)C2)c1. The van der Waals surface area contributed by atoms with E-state index in [0.717, 1.165) is 60.2 Å². The molecule has 1 aromatic heterocycles. The minimum absolute atomic E-state index is 0.0892. The molecule has 1 unspecified atom stereocenters. The molecule has 3 aromatic rings. The van der Waals surface area contributed by atoms with Gasteiger partial charge in [0.2, 0.25) is 0 Å². The van der Waals surface area contributed by atoms with E-state index in [-0.39, 0.29) is 5.75 Å². The fourth-order valence-electron chi connectivity index (χ4n) is 4.12. The molecule has 1 atom stereocenters. The summed E-state index contributed by atoms with van der Waals surface area (Å²) in [5, 5.41) is 5.70. The Morgan fingerprint density at radius 2 is 2.00 bits per heavy atom. The molecule has 0 saturated carbocycles. The second kappa shape index (κ2) is 7.56. The Balaban J connectivity index is 1.49. The third-order valence-corrected chi connectivity index (χ3v) is 6.13. The van der Waals surface area contributed by atoms with Gasteiger partial charge in [-0.1, -0.05) is 24.3 Å². The van der Waals surface area contributed by atoms with Crippen LogP contribution in [0.4, 0.5) is 5.69 Å². The molecule has 1 saturated heterocycles. The second-order valence-corrected chi connectivity index (χ2v) is 9.97. The maximum absolute atomic E-state index is 11.6. The molecule has 1 aliphatic rings. The molecule has 0 spiro atoms. The lowest BCUT2D eigenvalue weighted by atomic mass is 10.0. The van der Waals surface area contributed by atoms with Crippen molar-refractivity contribution < 1.29 is 8.42 Å². The van der Waals surface area contributed by atoms with E-state index in [1.54, 1.807) is 0 Å². The number of hydrogen-bond donors (Lipinski definition) is 1. The topological polar surface area (TPSA) is 81.2 Å². The minimum atomic E-state index is -3.02. The predicted molar refractivity (Wildman–Crippen MR) is 113 cm³/mol.